The van der Waals surface area contributed by atoms with Gasteiger partial charge in [-0.05, 0) is 80.8 Å². The van der Waals surface area contributed by atoms with Crippen molar-refractivity contribution in [1.82, 2.24) is 0 Å². The zero-order valence-electron chi connectivity index (χ0n) is 25.1. The highest BCUT2D eigenvalue weighted by Gasteiger charge is 2.24. The van der Waals surface area contributed by atoms with Crippen molar-refractivity contribution in [3.63, 3.8) is 0 Å². The lowest BCUT2D eigenvalue weighted by Crippen LogP contribution is -2.35. The summed E-state index contributed by atoms with van der Waals surface area (Å²) in [5, 5.41) is 25.3. The van der Waals surface area contributed by atoms with Crippen LogP contribution in [0.3, 0.4) is 0 Å². The van der Waals surface area contributed by atoms with Crippen molar-refractivity contribution in [1.29, 1.82) is 0 Å². The molecule has 2 saturated heterocycles. The summed E-state index contributed by atoms with van der Waals surface area (Å²) < 4.78 is 0. The molecule has 0 aromatic heterocycles. The van der Waals surface area contributed by atoms with Gasteiger partial charge < -0.3 is 30.6 Å². The van der Waals surface area contributed by atoms with Crippen LogP contribution in [0.2, 0.25) is 0 Å². The second kappa shape index (κ2) is 15.4. The molecular weight excluding hydrogens is 548 g/mol. The first kappa shape index (κ1) is 31.8. The zero-order valence-corrected chi connectivity index (χ0v) is 25.1. The molecule has 2 amide bonds. The number of amides is 2. The molecule has 2 aliphatic rings. The molecule has 10 nitrogen and oxygen atoms in total. The third-order valence-corrected chi connectivity index (χ3v) is 8.46. The maximum atomic E-state index is 12.8. The summed E-state index contributed by atoms with van der Waals surface area (Å²) in [4.78, 5) is 53.1. The standard InChI is InChI=1S/C33H44N4O6/c1-2-3-8-30(38)34-24-11-13-29(27(21-24)33(42)43)37-19-15-23(16-20-37)9-14-31(39)35-25-10-12-28(26(22-25)32(40)41)36-17-6-4-5-7-18-36/h10-13,21-23H,2-9,14-20H2,1H3,(H,34,38)(H,35,39)(H,40,41)(H,42,43). The topological polar surface area (TPSA) is 139 Å². The van der Waals surface area contributed by atoms with E-state index in [2.05, 4.69) is 20.4 Å². The van der Waals surface area contributed by atoms with Gasteiger partial charge in [-0.2, -0.15) is 0 Å². The second-order valence-corrected chi connectivity index (χ2v) is 11.6. The number of rotatable bonds is 12. The molecule has 0 bridgehead atoms. The van der Waals surface area contributed by atoms with Gasteiger partial charge in [-0.3, -0.25) is 9.59 Å². The number of carboxylic acids is 2. The van der Waals surface area contributed by atoms with Crippen LogP contribution in [0.15, 0.2) is 36.4 Å². The number of piperidine rings is 1. The van der Waals surface area contributed by atoms with Crippen molar-refractivity contribution < 1.29 is 29.4 Å². The van der Waals surface area contributed by atoms with E-state index in [0.29, 0.717) is 61.0 Å². The number of anilines is 4. The van der Waals surface area contributed by atoms with Crippen LogP contribution >= 0.6 is 0 Å². The number of unbranched alkanes of at least 4 members (excludes halogenated alkanes) is 1. The van der Waals surface area contributed by atoms with Gasteiger partial charge in [0.05, 0.1) is 22.5 Å². The lowest BCUT2D eigenvalue weighted by Gasteiger charge is -2.34. The van der Waals surface area contributed by atoms with E-state index >= 15 is 0 Å². The number of hydrogen-bond donors (Lipinski definition) is 4. The summed E-state index contributed by atoms with van der Waals surface area (Å²) in [7, 11) is 0. The van der Waals surface area contributed by atoms with Crippen molar-refractivity contribution in [2.45, 2.75) is 77.6 Å². The van der Waals surface area contributed by atoms with Gasteiger partial charge >= 0.3 is 11.9 Å². The first-order valence-electron chi connectivity index (χ1n) is 15.6. The van der Waals surface area contributed by atoms with Gasteiger partial charge in [-0.15, -0.1) is 0 Å². The van der Waals surface area contributed by atoms with Gasteiger partial charge in [0.25, 0.3) is 0 Å². The van der Waals surface area contributed by atoms with Gasteiger partial charge in [0.1, 0.15) is 0 Å². The number of carboxylic acid groups (broad SMARTS) is 2. The quantitative estimate of drug-likeness (QED) is 0.228. The van der Waals surface area contributed by atoms with Gasteiger partial charge in [-0.25, -0.2) is 9.59 Å². The minimum Gasteiger partial charge on any atom is -0.478 e. The van der Waals surface area contributed by atoms with Crippen LogP contribution in [0.1, 0.15) is 98.3 Å². The summed E-state index contributed by atoms with van der Waals surface area (Å²) in [6.45, 7) is 5.04. The van der Waals surface area contributed by atoms with Crippen LogP contribution in [0.4, 0.5) is 22.7 Å². The van der Waals surface area contributed by atoms with Gasteiger partial charge in [-0.1, -0.05) is 26.2 Å². The first-order valence-corrected chi connectivity index (χ1v) is 15.6. The Morgan fingerprint density at radius 3 is 1.70 bits per heavy atom. The molecule has 0 unspecified atom stereocenters. The van der Waals surface area contributed by atoms with Crippen LogP contribution in [0, 0.1) is 5.92 Å². The number of nitrogens with one attached hydrogen (secondary N) is 2. The minimum absolute atomic E-state index is 0.122. The van der Waals surface area contributed by atoms with E-state index in [1.54, 1.807) is 30.3 Å². The molecule has 4 N–H and O–H groups in total. The average Bonchev–Trinajstić information content (AvgIpc) is 3.29. The highest BCUT2D eigenvalue weighted by atomic mass is 16.4. The third kappa shape index (κ3) is 8.95. The number of carbonyl (C=O) groups excluding carboxylic acids is 2. The van der Waals surface area contributed by atoms with E-state index in [1.165, 1.54) is 6.07 Å². The summed E-state index contributed by atoms with van der Waals surface area (Å²) in [5.41, 5.74) is 2.68. The SMILES string of the molecule is CCCCC(=O)Nc1ccc(N2CCC(CCC(=O)Nc3ccc(N4CCCCCC4)c(C(=O)O)c3)CC2)c(C(=O)O)c1. The summed E-state index contributed by atoms with van der Waals surface area (Å²) in [6.07, 6.45) is 9.18. The number of hydrogen-bond acceptors (Lipinski definition) is 6. The Kier molecular flexibility index (Phi) is 11.4. The van der Waals surface area contributed by atoms with Crippen LogP contribution in [-0.2, 0) is 9.59 Å². The van der Waals surface area contributed by atoms with Crippen LogP contribution in [0.5, 0.6) is 0 Å². The first-order chi connectivity index (χ1) is 20.7. The Hall–Kier alpha value is -4.08. The molecule has 2 aliphatic heterocycles. The second-order valence-electron chi connectivity index (χ2n) is 11.6. The molecule has 0 saturated carbocycles. The highest BCUT2D eigenvalue weighted by molar-refractivity contribution is 5.99. The van der Waals surface area contributed by atoms with Crippen molar-refractivity contribution in [3.8, 4) is 0 Å². The third-order valence-electron chi connectivity index (χ3n) is 8.46. The predicted molar refractivity (Wildman–Crippen MR) is 168 cm³/mol. The molecular formula is C33H44N4O6. The molecule has 2 fully saturated rings. The molecule has 4 rings (SSSR count). The lowest BCUT2D eigenvalue weighted by atomic mass is 9.91. The number of nitrogens with zero attached hydrogens (tertiary/aromatic N) is 2. The van der Waals surface area contributed by atoms with E-state index in [4.69, 9.17) is 0 Å². The molecule has 10 heteroatoms. The molecule has 0 radical (unpaired) electrons. The predicted octanol–water partition coefficient (Wildman–Crippen LogP) is 6.23. The van der Waals surface area contributed by atoms with Crippen molar-refractivity contribution in [3.05, 3.63) is 47.5 Å². The zero-order chi connectivity index (χ0) is 30.8. The van der Waals surface area contributed by atoms with E-state index < -0.39 is 11.9 Å². The lowest BCUT2D eigenvalue weighted by molar-refractivity contribution is -0.117. The highest BCUT2D eigenvalue weighted by Crippen LogP contribution is 2.31. The maximum absolute atomic E-state index is 12.8. The summed E-state index contributed by atoms with van der Waals surface area (Å²) in [5.74, 6) is -1.98. The molecule has 0 atom stereocenters. The molecule has 2 heterocycles. The minimum atomic E-state index is -1.04. The Morgan fingerprint density at radius 1 is 0.721 bits per heavy atom. The summed E-state index contributed by atoms with van der Waals surface area (Å²) >= 11 is 0. The molecule has 43 heavy (non-hydrogen) atoms. The monoisotopic (exact) mass is 592 g/mol. The largest absolute Gasteiger partial charge is 0.478 e. The van der Waals surface area contributed by atoms with E-state index in [9.17, 15) is 29.4 Å². The maximum Gasteiger partial charge on any atom is 0.337 e. The summed E-state index contributed by atoms with van der Waals surface area (Å²) in [6, 6.07) is 10.2. The van der Waals surface area contributed by atoms with E-state index in [1.807, 2.05) is 6.92 Å². The number of benzene rings is 2. The number of carbonyl (C=O) groups is 4. The molecule has 2 aromatic rings. The van der Waals surface area contributed by atoms with Gasteiger partial charge in [0, 0.05) is 50.4 Å². The Balaban J connectivity index is 1.28. The van der Waals surface area contributed by atoms with E-state index in [0.717, 1.165) is 64.5 Å². The normalized spacial score (nSPS) is 15.9. The van der Waals surface area contributed by atoms with Crippen molar-refractivity contribution >= 4 is 46.5 Å². The van der Waals surface area contributed by atoms with E-state index in [-0.39, 0.29) is 22.9 Å². The van der Waals surface area contributed by atoms with Crippen molar-refractivity contribution in [2.24, 2.45) is 5.92 Å². The van der Waals surface area contributed by atoms with Gasteiger partial charge in [0.15, 0.2) is 0 Å². The van der Waals surface area contributed by atoms with Crippen LogP contribution in [-0.4, -0.2) is 60.1 Å². The number of aromatic carboxylic acids is 2. The smallest absolute Gasteiger partial charge is 0.337 e. The fraction of sp³-hybridized carbons (Fsp3) is 0.515. The van der Waals surface area contributed by atoms with Gasteiger partial charge in [0.2, 0.25) is 11.8 Å². The molecule has 232 valence electrons. The Morgan fingerprint density at radius 2 is 1.21 bits per heavy atom. The molecule has 2 aromatic carbocycles. The Labute approximate surface area is 253 Å². The molecule has 0 aliphatic carbocycles. The average molecular weight is 593 g/mol. The van der Waals surface area contributed by atoms with Crippen molar-refractivity contribution in [2.75, 3.05) is 46.6 Å². The fourth-order valence-corrected chi connectivity index (χ4v) is 6.02. The molecule has 0 spiro atoms. The fourth-order valence-electron chi connectivity index (χ4n) is 6.02. The van der Waals surface area contributed by atoms with Crippen LogP contribution < -0.4 is 20.4 Å². The Bertz CT molecular complexity index is 1300. The van der Waals surface area contributed by atoms with Crippen LogP contribution in [0.25, 0.3) is 0 Å².